The van der Waals surface area contributed by atoms with Gasteiger partial charge >= 0.3 is 11.9 Å². The summed E-state index contributed by atoms with van der Waals surface area (Å²) in [6.45, 7) is 13.3. The molecule has 4 saturated carbocycles. The standard InChI is InChI=1S/C40H59ClN4O4/c1-24(8-6-16-43-17-7-18-44-34-14-19-45-35-22-28(41)9-10-30(34)35)31-11-12-32-38-33(23-37(40(31,32)5)49-26(3)47)39(4)15-13-29(42)20-27(39)21-36(38)48-25(2)46/h9-10,14,19,22,24,27,29,31-33,36-38,43H,6-8,11-13,15-18,20-21,23,42H2,1-5H3,(H,44,45)/t24?,27-,29+,31+,32?,33?,36+,37-,38?,39-,40+/m0/s1. The second kappa shape index (κ2) is 15.1. The SMILES string of the molecule is CC(=O)O[C@H]1CC2C(C3CC[C@H](C(C)CCCNCCCNc4ccnc5cc(Cl)ccc45)[C@]31C)[C@H](OC(C)=O)C[C@@H]1C[C@H](N)CC[C@]21C. The zero-order valence-corrected chi connectivity index (χ0v) is 31.1. The smallest absolute Gasteiger partial charge is 0.302 e. The Morgan fingerprint density at radius 3 is 2.55 bits per heavy atom. The third-order valence-corrected chi connectivity index (χ3v) is 14.0. The number of hydrogen-bond acceptors (Lipinski definition) is 8. The van der Waals surface area contributed by atoms with Crippen molar-refractivity contribution >= 4 is 40.1 Å². The number of carbonyl (C=O) groups excluding carboxylic acids is 2. The molecule has 0 spiro atoms. The van der Waals surface area contributed by atoms with E-state index in [0.29, 0.717) is 40.5 Å². The number of benzene rings is 1. The first kappa shape index (κ1) is 36.4. The lowest BCUT2D eigenvalue weighted by Crippen LogP contribution is -2.63. The molecular formula is C40H59ClN4O4. The molecule has 4 N–H and O–H groups in total. The topological polar surface area (TPSA) is 116 Å². The van der Waals surface area contributed by atoms with Crippen LogP contribution in [0.1, 0.15) is 98.8 Å². The van der Waals surface area contributed by atoms with E-state index in [1.54, 1.807) is 13.8 Å². The molecule has 1 aromatic heterocycles. The number of nitrogens with zero attached hydrogens (tertiary/aromatic N) is 1. The van der Waals surface area contributed by atoms with Gasteiger partial charge in [-0.1, -0.05) is 32.4 Å². The maximum Gasteiger partial charge on any atom is 0.302 e. The first-order valence-corrected chi connectivity index (χ1v) is 19.4. The van der Waals surface area contributed by atoms with Gasteiger partial charge in [0, 0.05) is 60.1 Å². The fourth-order valence-corrected chi connectivity index (χ4v) is 11.6. The van der Waals surface area contributed by atoms with Crippen molar-refractivity contribution in [3.05, 3.63) is 35.5 Å². The number of ether oxygens (including phenoxy) is 2. The van der Waals surface area contributed by atoms with E-state index in [1.165, 1.54) is 0 Å². The van der Waals surface area contributed by atoms with Crippen LogP contribution >= 0.6 is 11.6 Å². The molecule has 11 atom stereocenters. The summed E-state index contributed by atoms with van der Waals surface area (Å²) < 4.78 is 12.6. The Bertz CT molecular complexity index is 1490. The van der Waals surface area contributed by atoms with Crippen LogP contribution in [0.25, 0.3) is 10.9 Å². The van der Waals surface area contributed by atoms with Crippen molar-refractivity contribution < 1.29 is 19.1 Å². The molecule has 6 rings (SSSR count). The van der Waals surface area contributed by atoms with Crippen molar-refractivity contribution in [1.82, 2.24) is 10.3 Å². The van der Waals surface area contributed by atoms with E-state index in [-0.39, 0.29) is 41.0 Å². The lowest BCUT2D eigenvalue weighted by Gasteiger charge is -2.64. The summed E-state index contributed by atoms with van der Waals surface area (Å²) in [6.07, 6.45) is 12.0. The quantitative estimate of drug-likeness (QED) is 0.153. The van der Waals surface area contributed by atoms with Crippen LogP contribution in [0.15, 0.2) is 30.5 Å². The molecule has 1 aromatic carbocycles. The number of fused-ring (bicyclic) bond motifs is 6. The van der Waals surface area contributed by atoms with Gasteiger partial charge in [-0.2, -0.15) is 0 Å². The second-order valence-electron chi connectivity index (χ2n) is 16.5. The highest BCUT2D eigenvalue weighted by molar-refractivity contribution is 6.31. The van der Waals surface area contributed by atoms with Crippen LogP contribution in [0.5, 0.6) is 0 Å². The first-order valence-electron chi connectivity index (χ1n) is 19.0. The number of hydrogen-bond donors (Lipinski definition) is 3. The average Bonchev–Trinajstić information content (AvgIpc) is 3.41. The van der Waals surface area contributed by atoms with Gasteiger partial charge in [-0.05, 0) is 137 Å². The Labute approximate surface area is 298 Å². The molecule has 4 unspecified atom stereocenters. The molecular weight excluding hydrogens is 636 g/mol. The first-order chi connectivity index (χ1) is 23.4. The van der Waals surface area contributed by atoms with Crippen molar-refractivity contribution in [2.24, 2.45) is 52.1 Å². The van der Waals surface area contributed by atoms with Crippen molar-refractivity contribution in [2.75, 3.05) is 25.0 Å². The van der Waals surface area contributed by atoms with Crippen molar-refractivity contribution in [3.8, 4) is 0 Å². The highest BCUT2D eigenvalue weighted by Crippen LogP contribution is 2.69. The van der Waals surface area contributed by atoms with E-state index in [9.17, 15) is 9.59 Å². The summed E-state index contributed by atoms with van der Waals surface area (Å²) in [5, 5.41) is 9.01. The zero-order valence-electron chi connectivity index (χ0n) is 30.3. The predicted octanol–water partition coefficient (Wildman–Crippen LogP) is 7.77. The van der Waals surface area contributed by atoms with Crippen molar-refractivity contribution in [3.63, 3.8) is 0 Å². The normalized spacial score (nSPS) is 35.9. The van der Waals surface area contributed by atoms with Gasteiger partial charge in [0.05, 0.1) is 5.52 Å². The van der Waals surface area contributed by atoms with E-state index in [0.717, 1.165) is 100 Å². The van der Waals surface area contributed by atoms with E-state index in [2.05, 4.69) is 36.4 Å². The van der Waals surface area contributed by atoms with E-state index < -0.39 is 0 Å². The molecule has 0 amide bonds. The number of halogens is 1. The summed E-state index contributed by atoms with van der Waals surface area (Å²) in [4.78, 5) is 29.5. The van der Waals surface area contributed by atoms with Crippen LogP contribution in [0.4, 0.5) is 5.69 Å². The van der Waals surface area contributed by atoms with Gasteiger partial charge < -0.3 is 25.8 Å². The molecule has 0 bridgehead atoms. The maximum absolute atomic E-state index is 12.6. The van der Waals surface area contributed by atoms with Crippen LogP contribution in [0.3, 0.4) is 0 Å². The lowest BCUT2D eigenvalue weighted by atomic mass is 9.43. The maximum atomic E-state index is 12.6. The molecule has 2 aromatic rings. The minimum absolute atomic E-state index is 0.0861. The largest absolute Gasteiger partial charge is 0.462 e. The molecule has 0 aliphatic heterocycles. The minimum atomic E-state index is -0.182. The van der Waals surface area contributed by atoms with Crippen LogP contribution in [-0.2, 0) is 19.1 Å². The van der Waals surface area contributed by atoms with E-state index in [1.807, 2.05) is 30.5 Å². The van der Waals surface area contributed by atoms with E-state index >= 15 is 0 Å². The van der Waals surface area contributed by atoms with Gasteiger partial charge in [0.15, 0.2) is 0 Å². The van der Waals surface area contributed by atoms with Crippen LogP contribution < -0.4 is 16.4 Å². The number of nitrogens with two attached hydrogens (primary N) is 1. The Balaban J connectivity index is 1.06. The minimum Gasteiger partial charge on any atom is -0.462 e. The number of pyridine rings is 1. The fourth-order valence-electron chi connectivity index (χ4n) is 11.4. The molecule has 0 saturated heterocycles. The van der Waals surface area contributed by atoms with Gasteiger partial charge in [0.25, 0.3) is 0 Å². The predicted molar refractivity (Wildman–Crippen MR) is 196 cm³/mol. The van der Waals surface area contributed by atoms with Gasteiger partial charge in [0.1, 0.15) is 12.2 Å². The lowest BCUT2D eigenvalue weighted by molar-refractivity contribution is -0.220. The number of nitrogens with one attached hydrogen (secondary N) is 2. The Kier molecular flexibility index (Phi) is 11.2. The Hall–Kier alpha value is -2.42. The zero-order chi connectivity index (χ0) is 34.9. The van der Waals surface area contributed by atoms with Crippen molar-refractivity contribution in [2.45, 2.75) is 117 Å². The van der Waals surface area contributed by atoms with Gasteiger partial charge in [-0.15, -0.1) is 0 Å². The number of esters is 2. The summed E-state index contributed by atoms with van der Waals surface area (Å²) in [6, 6.07) is 8.06. The number of anilines is 1. The van der Waals surface area contributed by atoms with Gasteiger partial charge in [0.2, 0.25) is 0 Å². The van der Waals surface area contributed by atoms with Crippen LogP contribution in [-0.4, -0.2) is 54.8 Å². The summed E-state index contributed by atoms with van der Waals surface area (Å²) >= 11 is 6.14. The molecule has 4 fully saturated rings. The highest BCUT2D eigenvalue weighted by atomic mass is 35.5. The van der Waals surface area contributed by atoms with Gasteiger partial charge in [-0.25, -0.2) is 0 Å². The number of carbonyl (C=O) groups is 2. The summed E-state index contributed by atoms with van der Waals surface area (Å²) in [7, 11) is 0. The van der Waals surface area contributed by atoms with Crippen LogP contribution in [0, 0.1) is 46.3 Å². The number of aromatic nitrogens is 1. The molecule has 270 valence electrons. The summed E-state index contributed by atoms with van der Waals surface area (Å²) in [5.74, 6) is 2.05. The second-order valence-corrected chi connectivity index (χ2v) is 16.9. The molecule has 4 aliphatic rings. The van der Waals surface area contributed by atoms with Gasteiger partial charge in [-0.3, -0.25) is 14.6 Å². The molecule has 0 radical (unpaired) electrons. The molecule has 4 aliphatic carbocycles. The fraction of sp³-hybridized carbons (Fsp3) is 0.725. The summed E-state index contributed by atoms with van der Waals surface area (Å²) in [5.41, 5.74) is 8.48. The van der Waals surface area contributed by atoms with Crippen LogP contribution in [0.2, 0.25) is 5.02 Å². The third kappa shape index (κ3) is 7.34. The molecule has 9 heteroatoms. The molecule has 8 nitrogen and oxygen atoms in total. The molecule has 49 heavy (non-hydrogen) atoms. The van der Waals surface area contributed by atoms with Crippen molar-refractivity contribution in [1.29, 1.82) is 0 Å². The average molecular weight is 695 g/mol. The number of rotatable bonds is 12. The Morgan fingerprint density at radius 2 is 1.78 bits per heavy atom. The third-order valence-electron chi connectivity index (χ3n) is 13.7. The Morgan fingerprint density at radius 1 is 1.00 bits per heavy atom. The highest BCUT2D eigenvalue weighted by Gasteiger charge is 2.67. The monoisotopic (exact) mass is 694 g/mol. The van der Waals surface area contributed by atoms with E-state index in [4.69, 9.17) is 26.8 Å². The molecule has 1 heterocycles.